The standard InChI is InChI=1S/C24H19F3N4O3/c25-24(26,27)21-13-18(20-7-4-12-33-20)29-22-14-19(30-31(21)22)23(32)28-15-8-10-17(11-9-15)34-16-5-2-1-3-6-16/h1-12,14,18,21,29H,13H2,(H,28,32)/t18-,21+/m0/s1. The van der Waals surface area contributed by atoms with Gasteiger partial charge in [-0.2, -0.15) is 18.3 Å². The highest BCUT2D eigenvalue weighted by Gasteiger charge is 2.47. The molecule has 0 spiro atoms. The van der Waals surface area contributed by atoms with Crippen molar-refractivity contribution in [2.24, 2.45) is 0 Å². The summed E-state index contributed by atoms with van der Waals surface area (Å²) in [5, 5.41) is 9.59. The van der Waals surface area contributed by atoms with Gasteiger partial charge in [0.1, 0.15) is 23.1 Å². The molecule has 174 valence electrons. The molecule has 2 aromatic heterocycles. The van der Waals surface area contributed by atoms with Crippen LogP contribution in [-0.2, 0) is 0 Å². The van der Waals surface area contributed by atoms with Crippen LogP contribution in [0, 0.1) is 0 Å². The fraction of sp³-hybridized carbons (Fsp3) is 0.167. The van der Waals surface area contributed by atoms with Crippen LogP contribution in [0.25, 0.3) is 0 Å². The number of carbonyl (C=O) groups excluding carboxylic acids is 1. The van der Waals surface area contributed by atoms with E-state index < -0.39 is 24.2 Å². The van der Waals surface area contributed by atoms with E-state index in [1.54, 1.807) is 36.4 Å². The Morgan fingerprint density at radius 2 is 1.79 bits per heavy atom. The van der Waals surface area contributed by atoms with Gasteiger partial charge in [0.15, 0.2) is 11.7 Å². The summed E-state index contributed by atoms with van der Waals surface area (Å²) in [4.78, 5) is 12.7. The van der Waals surface area contributed by atoms with E-state index in [2.05, 4.69) is 15.7 Å². The van der Waals surface area contributed by atoms with Crippen molar-refractivity contribution in [2.45, 2.75) is 24.7 Å². The Morgan fingerprint density at radius 1 is 1.06 bits per heavy atom. The van der Waals surface area contributed by atoms with Gasteiger partial charge in [-0.15, -0.1) is 0 Å². The maximum atomic E-state index is 13.8. The molecule has 4 aromatic rings. The molecule has 0 radical (unpaired) electrons. The van der Waals surface area contributed by atoms with Crippen LogP contribution in [0.2, 0.25) is 0 Å². The molecular formula is C24H19F3N4O3. The third-order valence-electron chi connectivity index (χ3n) is 5.40. The van der Waals surface area contributed by atoms with E-state index in [1.165, 1.54) is 12.3 Å². The minimum absolute atomic E-state index is 0.0896. The zero-order valence-corrected chi connectivity index (χ0v) is 17.6. The summed E-state index contributed by atoms with van der Waals surface area (Å²) < 4.78 is 53.1. The molecule has 34 heavy (non-hydrogen) atoms. The molecule has 0 fully saturated rings. The molecule has 1 aliphatic rings. The summed E-state index contributed by atoms with van der Waals surface area (Å²) >= 11 is 0. The predicted octanol–water partition coefficient (Wildman–Crippen LogP) is 6.18. The zero-order chi connectivity index (χ0) is 23.7. The van der Waals surface area contributed by atoms with Crippen LogP contribution >= 0.6 is 0 Å². The molecule has 0 saturated carbocycles. The summed E-state index contributed by atoms with van der Waals surface area (Å²) in [7, 11) is 0. The average Bonchev–Trinajstić information content (AvgIpc) is 3.50. The lowest BCUT2D eigenvalue weighted by Gasteiger charge is -2.32. The first-order valence-corrected chi connectivity index (χ1v) is 10.5. The van der Waals surface area contributed by atoms with Gasteiger partial charge in [0.2, 0.25) is 0 Å². The maximum absolute atomic E-state index is 13.8. The van der Waals surface area contributed by atoms with E-state index in [0.29, 0.717) is 22.9 Å². The van der Waals surface area contributed by atoms with E-state index in [1.807, 2.05) is 30.3 Å². The largest absolute Gasteiger partial charge is 0.467 e. The Bertz CT molecular complexity index is 1270. The monoisotopic (exact) mass is 468 g/mol. The summed E-state index contributed by atoms with van der Waals surface area (Å²) in [5.41, 5.74) is 0.312. The highest BCUT2D eigenvalue weighted by Crippen LogP contribution is 2.43. The van der Waals surface area contributed by atoms with E-state index in [4.69, 9.17) is 9.15 Å². The number of carbonyl (C=O) groups is 1. The highest BCUT2D eigenvalue weighted by molar-refractivity contribution is 6.03. The van der Waals surface area contributed by atoms with E-state index in [0.717, 1.165) is 4.68 Å². The van der Waals surface area contributed by atoms with Gasteiger partial charge in [-0.1, -0.05) is 18.2 Å². The number of nitrogens with one attached hydrogen (secondary N) is 2. The van der Waals surface area contributed by atoms with Gasteiger partial charge in [0.05, 0.1) is 12.3 Å². The molecule has 10 heteroatoms. The van der Waals surface area contributed by atoms with Gasteiger partial charge in [-0.3, -0.25) is 4.79 Å². The summed E-state index contributed by atoms with van der Waals surface area (Å²) in [6, 6.07) is 17.8. The fourth-order valence-corrected chi connectivity index (χ4v) is 3.79. The number of hydrogen-bond acceptors (Lipinski definition) is 5. The van der Waals surface area contributed by atoms with E-state index in [-0.39, 0.29) is 17.9 Å². The molecule has 1 amide bonds. The quantitative estimate of drug-likeness (QED) is 0.366. The Morgan fingerprint density at radius 3 is 2.47 bits per heavy atom. The Kier molecular flexibility index (Phi) is 5.48. The molecule has 5 rings (SSSR count). The number of para-hydroxylation sites is 1. The van der Waals surface area contributed by atoms with Gasteiger partial charge in [-0.25, -0.2) is 4.68 Å². The van der Waals surface area contributed by atoms with Crippen LogP contribution in [0.4, 0.5) is 24.7 Å². The summed E-state index contributed by atoms with van der Waals surface area (Å²) in [6.07, 6.45) is -3.45. The van der Waals surface area contributed by atoms with Crippen molar-refractivity contribution in [3.05, 3.63) is 90.5 Å². The van der Waals surface area contributed by atoms with Gasteiger partial charge in [-0.05, 0) is 48.5 Å². The average molecular weight is 468 g/mol. The van der Waals surface area contributed by atoms with Crippen LogP contribution in [0.3, 0.4) is 0 Å². The van der Waals surface area contributed by atoms with Crippen molar-refractivity contribution in [3.8, 4) is 11.5 Å². The first kappa shape index (κ1) is 21.6. The smallest absolute Gasteiger partial charge is 0.410 e. The number of furan rings is 1. The normalized spacial score (nSPS) is 17.5. The molecule has 0 saturated heterocycles. The maximum Gasteiger partial charge on any atom is 0.410 e. The first-order valence-electron chi connectivity index (χ1n) is 10.5. The molecule has 2 atom stereocenters. The number of nitrogens with zero attached hydrogens (tertiary/aromatic N) is 2. The molecule has 0 unspecified atom stereocenters. The molecule has 3 heterocycles. The van der Waals surface area contributed by atoms with Gasteiger partial charge < -0.3 is 19.8 Å². The lowest BCUT2D eigenvalue weighted by atomic mass is 10.0. The number of anilines is 2. The second-order valence-corrected chi connectivity index (χ2v) is 7.76. The Hall–Kier alpha value is -4.21. The van der Waals surface area contributed by atoms with Crippen molar-refractivity contribution in [3.63, 3.8) is 0 Å². The van der Waals surface area contributed by atoms with Crippen LogP contribution in [0.5, 0.6) is 11.5 Å². The lowest BCUT2D eigenvalue weighted by molar-refractivity contribution is -0.174. The van der Waals surface area contributed by atoms with Crippen molar-refractivity contribution in [1.82, 2.24) is 9.78 Å². The number of fused-ring (bicyclic) bond motifs is 1. The van der Waals surface area contributed by atoms with E-state index >= 15 is 0 Å². The van der Waals surface area contributed by atoms with Crippen molar-refractivity contribution >= 4 is 17.4 Å². The summed E-state index contributed by atoms with van der Waals surface area (Å²) in [5.74, 6) is 1.08. The molecule has 7 nitrogen and oxygen atoms in total. The number of ether oxygens (including phenoxy) is 1. The molecule has 2 N–H and O–H groups in total. The van der Waals surface area contributed by atoms with E-state index in [9.17, 15) is 18.0 Å². The number of rotatable bonds is 5. The van der Waals surface area contributed by atoms with Crippen LogP contribution < -0.4 is 15.4 Å². The Balaban J connectivity index is 1.32. The molecule has 1 aliphatic heterocycles. The predicted molar refractivity (Wildman–Crippen MR) is 118 cm³/mol. The number of halogens is 3. The third kappa shape index (κ3) is 4.47. The second kappa shape index (κ2) is 8.62. The lowest BCUT2D eigenvalue weighted by Crippen LogP contribution is -2.35. The highest BCUT2D eigenvalue weighted by atomic mass is 19.4. The molecule has 0 aliphatic carbocycles. The topological polar surface area (TPSA) is 81.3 Å². The third-order valence-corrected chi connectivity index (χ3v) is 5.40. The van der Waals surface area contributed by atoms with Crippen molar-refractivity contribution in [2.75, 3.05) is 10.6 Å². The van der Waals surface area contributed by atoms with Crippen LogP contribution in [0.15, 0.2) is 83.5 Å². The number of aromatic nitrogens is 2. The molecule has 0 bridgehead atoms. The summed E-state index contributed by atoms with van der Waals surface area (Å²) in [6.45, 7) is 0. The minimum Gasteiger partial charge on any atom is -0.467 e. The Labute approximate surface area is 192 Å². The second-order valence-electron chi connectivity index (χ2n) is 7.76. The van der Waals surface area contributed by atoms with Crippen LogP contribution in [-0.4, -0.2) is 21.9 Å². The number of amides is 1. The number of alkyl halides is 3. The number of benzene rings is 2. The van der Waals surface area contributed by atoms with Gasteiger partial charge >= 0.3 is 6.18 Å². The fourth-order valence-electron chi connectivity index (χ4n) is 3.79. The van der Waals surface area contributed by atoms with Crippen molar-refractivity contribution < 1.29 is 27.1 Å². The SMILES string of the molecule is O=C(Nc1ccc(Oc2ccccc2)cc1)c1cc2n(n1)[C@@H](C(F)(F)F)C[C@@H](c1ccco1)N2. The number of hydrogen-bond donors (Lipinski definition) is 2. The van der Waals surface area contributed by atoms with Gasteiger partial charge in [0, 0.05) is 18.2 Å². The minimum atomic E-state index is -4.55. The van der Waals surface area contributed by atoms with Crippen LogP contribution in [0.1, 0.15) is 34.8 Å². The molecule has 2 aromatic carbocycles. The van der Waals surface area contributed by atoms with Gasteiger partial charge in [0.25, 0.3) is 5.91 Å². The molecular weight excluding hydrogens is 449 g/mol. The first-order chi connectivity index (χ1) is 16.4. The zero-order valence-electron chi connectivity index (χ0n) is 17.6. The van der Waals surface area contributed by atoms with Crippen molar-refractivity contribution in [1.29, 1.82) is 0 Å².